The molecule has 0 aliphatic carbocycles. The normalized spacial score (nSPS) is 11.5. The lowest BCUT2D eigenvalue weighted by molar-refractivity contribution is -0.138. The molecule has 2 rings (SSSR count). The predicted octanol–water partition coefficient (Wildman–Crippen LogP) is 3.40. The number of hydrogen-bond donors (Lipinski definition) is 0. The molecule has 0 saturated carbocycles. The van der Waals surface area contributed by atoms with Crippen molar-refractivity contribution in [1.29, 1.82) is 0 Å². The zero-order valence-electron chi connectivity index (χ0n) is 14.7. The van der Waals surface area contributed by atoms with E-state index in [9.17, 15) is 9.59 Å². The molecule has 0 aliphatic rings. The standard InChI is InChI=1S/C19H21NO4S/c1-20(2)18(21)17(13-8-6-5-7-9-13)24-19(22)15-11-10-14(25-4)12-16(15)23-3/h5-12,17H,1-4H3/t17-/m1/s1. The first-order chi connectivity index (χ1) is 12.0. The summed E-state index contributed by atoms with van der Waals surface area (Å²) in [5.41, 5.74) is 0.905. The smallest absolute Gasteiger partial charge is 0.343 e. The highest BCUT2D eigenvalue weighted by atomic mass is 32.2. The average molecular weight is 359 g/mol. The summed E-state index contributed by atoms with van der Waals surface area (Å²) in [4.78, 5) is 27.5. The minimum absolute atomic E-state index is 0.285. The summed E-state index contributed by atoms with van der Waals surface area (Å²) in [7, 11) is 4.75. The van der Waals surface area contributed by atoms with Gasteiger partial charge in [0.25, 0.3) is 5.91 Å². The third-order valence-corrected chi connectivity index (χ3v) is 4.35. The largest absolute Gasteiger partial charge is 0.496 e. The van der Waals surface area contributed by atoms with Gasteiger partial charge in [-0.3, -0.25) is 4.79 Å². The first-order valence-corrected chi connectivity index (χ1v) is 8.89. The Morgan fingerprint density at radius 3 is 2.32 bits per heavy atom. The van der Waals surface area contributed by atoms with Crippen molar-refractivity contribution in [3.8, 4) is 5.75 Å². The quantitative estimate of drug-likeness (QED) is 0.584. The van der Waals surface area contributed by atoms with Crippen molar-refractivity contribution in [2.24, 2.45) is 0 Å². The highest BCUT2D eigenvalue weighted by Crippen LogP contribution is 2.28. The molecule has 0 aromatic heterocycles. The molecule has 0 saturated heterocycles. The minimum Gasteiger partial charge on any atom is -0.496 e. The van der Waals surface area contributed by atoms with Crippen LogP contribution in [-0.2, 0) is 9.53 Å². The van der Waals surface area contributed by atoms with Crippen molar-refractivity contribution in [2.45, 2.75) is 11.0 Å². The molecule has 0 bridgehead atoms. The van der Waals surface area contributed by atoms with Crippen molar-refractivity contribution in [1.82, 2.24) is 4.90 Å². The van der Waals surface area contributed by atoms with Crippen LogP contribution in [0, 0.1) is 0 Å². The summed E-state index contributed by atoms with van der Waals surface area (Å²) < 4.78 is 10.8. The molecule has 0 aliphatic heterocycles. The van der Waals surface area contributed by atoms with Crippen LogP contribution < -0.4 is 4.74 Å². The molecule has 0 heterocycles. The van der Waals surface area contributed by atoms with E-state index < -0.39 is 12.1 Å². The number of thioether (sulfide) groups is 1. The highest BCUT2D eigenvalue weighted by Gasteiger charge is 2.28. The molecule has 6 heteroatoms. The van der Waals surface area contributed by atoms with Gasteiger partial charge in [-0.2, -0.15) is 0 Å². The maximum Gasteiger partial charge on any atom is 0.343 e. The lowest BCUT2D eigenvalue weighted by Gasteiger charge is -2.21. The molecule has 0 radical (unpaired) electrons. The Labute approximate surface area is 151 Å². The van der Waals surface area contributed by atoms with Gasteiger partial charge >= 0.3 is 5.97 Å². The third-order valence-electron chi connectivity index (χ3n) is 3.62. The van der Waals surface area contributed by atoms with Crippen LogP contribution in [0.3, 0.4) is 0 Å². The monoisotopic (exact) mass is 359 g/mol. The van der Waals surface area contributed by atoms with Gasteiger partial charge in [0, 0.05) is 24.6 Å². The molecular formula is C19H21NO4S. The van der Waals surface area contributed by atoms with Gasteiger partial charge in [-0.25, -0.2) is 4.79 Å². The highest BCUT2D eigenvalue weighted by molar-refractivity contribution is 7.98. The molecule has 2 aromatic rings. The van der Waals surface area contributed by atoms with Crippen molar-refractivity contribution < 1.29 is 19.1 Å². The molecule has 1 atom stereocenters. The first-order valence-electron chi connectivity index (χ1n) is 7.67. The summed E-state index contributed by atoms with van der Waals surface area (Å²) in [6.07, 6.45) is 0.933. The number of hydrogen-bond acceptors (Lipinski definition) is 5. The predicted molar refractivity (Wildman–Crippen MR) is 98.1 cm³/mol. The van der Waals surface area contributed by atoms with Gasteiger partial charge in [0.2, 0.25) is 6.10 Å². The molecule has 0 spiro atoms. The van der Waals surface area contributed by atoms with Gasteiger partial charge in [0.15, 0.2) is 0 Å². The van der Waals surface area contributed by atoms with Crippen LogP contribution in [-0.4, -0.2) is 44.2 Å². The van der Waals surface area contributed by atoms with E-state index in [4.69, 9.17) is 9.47 Å². The van der Waals surface area contributed by atoms with Crippen molar-refractivity contribution in [3.63, 3.8) is 0 Å². The average Bonchev–Trinajstić information content (AvgIpc) is 2.65. The number of benzene rings is 2. The molecule has 0 N–H and O–H groups in total. The van der Waals surface area contributed by atoms with Crippen LogP contribution in [0.5, 0.6) is 5.75 Å². The second-order valence-electron chi connectivity index (χ2n) is 5.49. The van der Waals surface area contributed by atoms with Crippen LogP contribution in [0.25, 0.3) is 0 Å². The Bertz CT molecular complexity index is 746. The Hall–Kier alpha value is -2.47. The van der Waals surface area contributed by atoms with Gasteiger partial charge in [0.05, 0.1) is 7.11 Å². The van der Waals surface area contributed by atoms with Gasteiger partial charge < -0.3 is 14.4 Å². The van der Waals surface area contributed by atoms with Crippen LogP contribution in [0.1, 0.15) is 22.0 Å². The number of methoxy groups -OCH3 is 1. The zero-order chi connectivity index (χ0) is 18.4. The SMILES string of the molecule is COc1cc(SC)ccc1C(=O)O[C@@H](C(=O)N(C)C)c1ccccc1. The van der Waals surface area contributed by atoms with Gasteiger partial charge in [-0.1, -0.05) is 30.3 Å². The lowest BCUT2D eigenvalue weighted by Crippen LogP contribution is -2.31. The number of carbonyl (C=O) groups is 2. The molecule has 5 nitrogen and oxygen atoms in total. The summed E-state index contributed by atoms with van der Waals surface area (Å²) in [5, 5.41) is 0. The number of ether oxygens (including phenoxy) is 2. The third kappa shape index (κ3) is 4.54. The number of carbonyl (C=O) groups excluding carboxylic acids is 2. The van der Waals surface area contributed by atoms with E-state index in [0.717, 1.165) is 4.90 Å². The Balaban J connectivity index is 2.33. The summed E-state index contributed by atoms with van der Waals surface area (Å²) in [6, 6.07) is 14.2. The van der Waals surface area contributed by atoms with E-state index in [-0.39, 0.29) is 11.5 Å². The van der Waals surface area contributed by atoms with Crippen LogP contribution in [0.4, 0.5) is 0 Å². The van der Waals surface area contributed by atoms with Crippen LogP contribution in [0.15, 0.2) is 53.4 Å². The fourth-order valence-electron chi connectivity index (χ4n) is 2.26. The minimum atomic E-state index is -1.01. The zero-order valence-corrected chi connectivity index (χ0v) is 15.5. The van der Waals surface area contributed by atoms with E-state index in [2.05, 4.69) is 0 Å². The molecule has 132 valence electrons. The van der Waals surface area contributed by atoms with Gasteiger partial charge in [-0.05, 0) is 24.5 Å². The van der Waals surface area contributed by atoms with Crippen LogP contribution in [0.2, 0.25) is 0 Å². The van der Waals surface area contributed by atoms with Gasteiger partial charge in [0.1, 0.15) is 11.3 Å². The summed E-state index contributed by atoms with van der Waals surface area (Å²) >= 11 is 1.55. The summed E-state index contributed by atoms with van der Waals surface area (Å²) in [5.74, 6) is -0.492. The fourth-order valence-corrected chi connectivity index (χ4v) is 2.69. The summed E-state index contributed by atoms with van der Waals surface area (Å²) in [6.45, 7) is 0. The molecule has 0 unspecified atom stereocenters. The molecule has 2 aromatic carbocycles. The molecular weight excluding hydrogens is 338 g/mol. The maximum absolute atomic E-state index is 12.7. The van der Waals surface area contributed by atoms with E-state index in [1.807, 2.05) is 18.4 Å². The maximum atomic E-state index is 12.7. The van der Waals surface area contributed by atoms with Crippen LogP contribution >= 0.6 is 11.8 Å². The van der Waals surface area contributed by atoms with Gasteiger partial charge in [-0.15, -0.1) is 11.8 Å². The second kappa shape index (κ2) is 8.58. The van der Waals surface area contributed by atoms with Crippen molar-refractivity contribution in [3.05, 3.63) is 59.7 Å². The number of nitrogens with zero attached hydrogens (tertiary/aromatic N) is 1. The second-order valence-corrected chi connectivity index (χ2v) is 6.37. The number of esters is 1. The molecule has 0 fully saturated rings. The van der Waals surface area contributed by atoms with E-state index in [1.54, 1.807) is 62.3 Å². The lowest BCUT2D eigenvalue weighted by atomic mass is 10.1. The Morgan fingerprint density at radius 2 is 1.76 bits per heavy atom. The Morgan fingerprint density at radius 1 is 1.08 bits per heavy atom. The molecule has 25 heavy (non-hydrogen) atoms. The number of rotatable bonds is 6. The first kappa shape index (κ1) is 18.9. The fraction of sp³-hybridized carbons (Fsp3) is 0.263. The topological polar surface area (TPSA) is 55.8 Å². The number of amides is 1. The van der Waals surface area contributed by atoms with E-state index >= 15 is 0 Å². The van der Waals surface area contributed by atoms with Crippen molar-refractivity contribution >= 4 is 23.6 Å². The Kier molecular flexibility index (Phi) is 6.47. The van der Waals surface area contributed by atoms with Crippen molar-refractivity contribution in [2.75, 3.05) is 27.5 Å². The van der Waals surface area contributed by atoms with E-state index in [1.165, 1.54) is 12.0 Å². The number of likely N-dealkylation sites (N-methyl/N-ethyl adjacent to an activating group) is 1. The van der Waals surface area contributed by atoms with E-state index in [0.29, 0.717) is 11.3 Å². The molecule has 1 amide bonds.